The van der Waals surface area contributed by atoms with Gasteiger partial charge in [-0.05, 0) is 41.8 Å². The molecule has 0 atom stereocenters. The molecule has 0 saturated heterocycles. The van der Waals surface area contributed by atoms with Gasteiger partial charge >= 0.3 is 5.91 Å². The summed E-state index contributed by atoms with van der Waals surface area (Å²) in [5.74, 6) is -0.568. The molecule has 0 radical (unpaired) electrons. The summed E-state index contributed by atoms with van der Waals surface area (Å²) in [6.07, 6.45) is 0.578. The third-order valence-corrected chi connectivity index (χ3v) is 2.58. The molecule has 0 unspecified atom stereocenters. The van der Waals surface area contributed by atoms with Crippen molar-refractivity contribution in [2.75, 3.05) is 0 Å². The number of amides is 1. The summed E-state index contributed by atoms with van der Waals surface area (Å²) in [7, 11) is 0. The molecular weight excluding hydrogens is 230 g/mol. The van der Waals surface area contributed by atoms with Crippen molar-refractivity contribution in [3.63, 3.8) is 0 Å². The Morgan fingerprint density at radius 3 is 2.39 bits per heavy atom. The maximum absolute atomic E-state index is 11.2. The normalized spacial score (nSPS) is 10.0. The van der Waals surface area contributed by atoms with E-state index in [1.165, 1.54) is 0 Å². The van der Waals surface area contributed by atoms with Crippen LogP contribution in [0.4, 0.5) is 0 Å². The van der Waals surface area contributed by atoms with Crippen LogP contribution in [0.3, 0.4) is 0 Å². The molecule has 0 bridgehead atoms. The van der Waals surface area contributed by atoms with E-state index in [9.17, 15) is 14.8 Å². The SMILES string of the molecule is O=NC(=O)c1cccc(Cc2cccc(O)c2)c1. The lowest BCUT2D eigenvalue weighted by Crippen LogP contribution is -1.95. The Hall–Kier alpha value is -2.49. The number of phenolic OH excluding ortho intramolecular Hbond substituents is 1. The van der Waals surface area contributed by atoms with E-state index in [0.29, 0.717) is 6.42 Å². The molecule has 0 fully saturated rings. The van der Waals surface area contributed by atoms with Crippen molar-refractivity contribution in [3.8, 4) is 5.75 Å². The van der Waals surface area contributed by atoms with Crippen LogP contribution in [-0.4, -0.2) is 11.0 Å². The van der Waals surface area contributed by atoms with E-state index in [1.807, 2.05) is 12.1 Å². The zero-order valence-electron chi connectivity index (χ0n) is 9.54. The lowest BCUT2D eigenvalue weighted by molar-refractivity contribution is 0.100. The Morgan fingerprint density at radius 2 is 1.72 bits per heavy atom. The van der Waals surface area contributed by atoms with Crippen molar-refractivity contribution in [1.82, 2.24) is 0 Å². The molecule has 0 heterocycles. The summed E-state index contributed by atoms with van der Waals surface area (Å²) in [5, 5.41) is 11.8. The summed E-state index contributed by atoms with van der Waals surface area (Å²) in [6.45, 7) is 0. The summed E-state index contributed by atoms with van der Waals surface area (Å²) in [6, 6.07) is 13.6. The van der Waals surface area contributed by atoms with Gasteiger partial charge in [0, 0.05) is 10.7 Å². The van der Waals surface area contributed by atoms with Crippen molar-refractivity contribution in [3.05, 3.63) is 70.1 Å². The van der Waals surface area contributed by atoms with E-state index in [0.717, 1.165) is 11.1 Å². The van der Waals surface area contributed by atoms with E-state index in [4.69, 9.17) is 0 Å². The van der Waals surface area contributed by atoms with Gasteiger partial charge in [0.05, 0.1) is 0 Å². The van der Waals surface area contributed by atoms with Gasteiger partial charge in [-0.1, -0.05) is 24.3 Å². The van der Waals surface area contributed by atoms with Crippen LogP contribution in [-0.2, 0) is 6.42 Å². The fourth-order valence-electron chi connectivity index (χ4n) is 1.77. The summed E-state index contributed by atoms with van der Waals surface area (Å²) in [5.41, 5.74) is 2.09. The highest BCUT2D eigenvalue weighted by Crippen LogP contribution is 2.16. The minimum absolute atomic E-state index is 0.203. The van der Waals surface area contributed by atoms with Gasteiger partial charge in [0.2, 0.25) is 0 Å². The number of hydrogen-bond donors (Lipinski definition) is 1. The number of nitrogens with zero attached hydrogens (tertiary/aromatic N) is 1. The second-order valence-electron chi connectivity index (χ2n) is 3.94. The monoisotopic (exact) mass is 241 g/mol. The highest BCUT2D eigenvalue weighted by atomic mass is 16.3. The fraction of sp³-hybridized carbons (Fsp3) is 0.0714. The first-order chi connectivity index (χ1) is 8.69. The Kier molecular flexibility index (Phi) is 3.48. The standard InChI is InChI=1S/C14H11NO3/c16-13-6-2-4-11(9-13)7-10-3-1-5-12(8-10)14(17)15-18/h1-6,8-9,16H,7H2. The largest absolute Gasteiger partial charge is 0.508 e. The topological polar surface area (TPSA) is 66.7 Å². The van der Waals surface area contributed by atoms with Crippen LogP contribution in [0.1, 0.15) is 21.5 Å². The summed E-state index contributed by atoms with van der Waals surface area (Å²) < 4.78 is 0. The van der Waals surface area contributed by atoms with E-state index in [2.05, 4.69) is 5.18 Å². The van der Waals surface area contributed by atoms with Gasteiger partial charge in [-0.3, -0.25) is 4.79 Å². The number of aromatic hydroxyl groups is 1. The lowest BCUT2D eigenvalue weighted by atomic mass is 10.0. The second-order valence-corrected chi connectivity index (χ2v) is 3.94. The minimum Gasteiger partial charge on any atom is -0.508 e. The number of phenols is 1. The smallest absolute Gasteiger partial charge is 0.316 e. The maximum atomic E-state index is 11.2. The molecule has 0 aromatic heterocycles. The van der Waals surface area contributed by atoms with Crippen LogP contribution < -0.4 is 0 Å². The van der Waals surface area contributed by atoms with Crippen LogP contribution >= 0.6 is 0 Å². The van der Waals surface area contributed by atoms with E-state index in [-0.39, 0.29) is 11.3 Å². The van der Waals surface area contributed by atoms with Gasteiger partial charge in [0.25, 0.3) is 0 Å². The van der Waals surface area contributed by atoms with Crippen molar-refractivity contribution in [2.45, 2.75) is 6.42 Å². The zero-order chi connectivity index (χ0) is 13.0. The predicted molar refractivity (Wildman–Crippen MR) is 67.5 cm³/mol. The minimum atomic E-state index is -0.771. The van der Waals surface area contributed by atoms with E-state index >= 15 is 0 Å². The van der Waals surface area contributed by atoms with E-state index < -0.39 is 5.91 Å². The number of nitroso groups, excluding NO2 is 1. The van der Waals surface area contributed by atoms with Crippen LogP contribution in [0, 0.1) is 4.91 Å². The number of rotatable bonds is 3. The van der Waals surface area contributed by atoms with E-state index in [1.54, 1.807) is 36.4 Å². The molecule has 0 aliphatic carbocycles. The molecule has 4 nitrogen and oxygen atoms in total. The van der Waals surface area contributed by atoms with Gasteiger partial charge in [-0.25, -0.2) is 0 Å². The molecule has 18 heavy (non-hydrogen) atoms. The van der Waals surface area contributed by atoms with Gasteiger partial charge in [-0.15, -0.1) is 4.91 Å². The Labute approximate surface area is 104 Å². The molecule has 0 aliphatic rings. The number of hydrogen-bond acceptors (Lipinski definition) is 3. The third kappa shape index (κ3) is 2.79. The van der Waals surface area contributed by atoms with Gasteiger partial charge in [0.15, 0.2) is 0 Å². The highest BCUT2D eigenvalue weighted by molar-refractivity contribution is 5.94. The molecule has 2 aromatic rings. The molecule has 1 N–H and O–H groups in total. The maximum Gasteiger partial charge on any atom is 0.316 e. The van der Waals surface area contributed by atoms with Gasteiger partial charge < -0.3 is 5.11 Å². The molecule has 2 rings (SSSR count). The van der Waals surface area contributed by atoms with Gasteiger partial charge in [0.1, 0.15) is 5.75 Å². The Bertz CT molecular complexity index is 593. The summed E-state index contributed by atoms with van der Waals surface area (Å²) >= 11 is 0. The predicted octanol–water partition coefficient (Wildman–Crippen LogP) is 2.89. The average molecular weight is 241 g/mol. The molecule has 0 aliphatic heterocycles. The van der Waals surface area contributed by atoms with Crippen LogP contribution in [0.15, 0.2) is 53.7 Å². The molecule has 4 heteroatoms. The van der Waals surface area contributed by atoms with Crippen molar-refractivity contribution in [1.29, 1.82) is 0 Å². The van der Waals surface area contributed by atoms with Crippen molar-refractivity contribution < 1.29 is 9.90 Å². The lowest BCUT2D eigenvalue weighted by Gasteiger charge is -2.03. The Balaban J connectivity index is 2.24. The average Bonchev–Trinajstić information content (AvgIpc) is 2.38. The molecule has 0 saturated carbocycles. The van der Waals surface area contributed by atoms with Crippen LogP contribution in [0.25, 0.3) is 0 Å². The molecule has 1 amide bonds. The number of carbonyl (C=O) groups excluding carboxylic acids is 1. The first-order valence-electron chi connectivity index (χ1n) is 5.43. The second kappa shape index (κ2) is 5.23. The summed E-state index contributed by atoms with van der Waals surface area (Å²) in [4.78, 5) is 21.3. The number of carbonyl (C=O) groups is 1. The van der Waals surface area contributed by atoms with Crippen molar-refractivity contribution >= 4 is 5.91 Å². The molecule has 90 valence electrons. The van der Waals surface area contributed by atoms with Crippen LogP contribution in [0.2, 0.25) is 0 Å². The molecular formula is C14H11NO3. The highest BCUT2D eigenvalue weighted by Gasteiger charge is 2.06. The number of benzene rings is 2. The fourth-order valence-corrected chi connectivity index (χ4v) is 1.77. The zero-order valence-corrected chi connectivity index (χ0v) is 9.54. The molecule has 2 aromatic carbocycles. The van der Waals surface area contributed by atoms with Gasteiger partial charge in [-0.2, -0.15) is 0 Å². The third-order valence-electron chi connectivity index (χ3n) is 2.58. The van der Waals surface area contributed by atoms with Crippen molar-refractivity contribution in [2.24, 2.45) is 5.18 Å². The Morgan fingerprint density at radius 1 is 1.06 bits per heavy atom. The first-order valence-corrected chi connectivity index (χ1v) is 5.43. The quantitative estimate of drug-likeness (QED) is 0.840. The molecule has 0 spiro atoms. The van der Waals surface area contributed by atoms with Crippen LogP contribution in [0.5, 0.6) is 5.75 Å². The first kappa shape index (κ1) is 12.0.